The fourth-order valence-electron chi connectivity index (χ4n) is 2.13. The molecule has 122 valence electrons. The van der Waals surface area contributed by atoms with Crippen molar-refractivity contribution >= 4 is 23.3 Å². The van der Waals surface area contributed by atoms with Gasteiger partial charge < -0.3 is 19.8 Å². The lowest BCUT2D eigenvalue weighted by atomic mass is 10.2. The van der Waals surface area contributed by atoms with Crippen molar-refractivity contribution in [2.75, 3.05) is 17.7 Å². The van der Waals surface area contributed by atoms with Crippen LogP contribution in [-0.4, -0.2) is 23.0 Å². The first-order valence-electron chi connectivity index (χ1n) is 7.29. The molecule has 3 aromatic rings. The van der Waals surface area contributed by atoms with Gasteiger partial charge in [0, 0.05) is 6.07 Å². The van der Waals surface area contributed by atoms with Gasteiger partial charge in [-0.2, -0.15) is 0 Å². The Morgan fingerprint density at radius 1 is 1.17 bits per heavy atom. The summed E-state index contributed by atoms with van der Waals surface area (Å²) in [6, 6.07) is 12.5. The summed E-state index contributed by atoms with van der Waals surface area (Å²) in [5.74, 6) is 1.59. The molecule has 2 aromatic heterocycles. The number of rotatable bonds is 6. The smallest absolute Gasteiger partial charge is 0.339 e. The first-order chi connectivity index (χ1) is 11.8. The van der Waals surface area contributed by atoms with Crippen LogP contribution in [0, 0.1) is 0 Å². The predicted molar refractivity (Wildman–Crippen MR) is 89.1 cm³/mol. The highest BCUT2D eigenvalue weighted by Gasteiger charge is 2.11. The number of carbonyl (C=O) groups excluding carboxylic acids is 1. The van der Waals surface area contributed by atoms with Crippen molar-refractivity contribution in [2.24, 2.45) is 0 Å². The van der Waals surface area contributed by atoms with Crippen LogP contribution in [0.1, 0.15) is 16.1 Å². The molecular formula is C17H16N4O3. The Kier molecular flexibility index (Phi) is 4.71. The van der Waals surface area contributed by atoms with Crippen LogP contribution in [0.3, 0.4) is 0 Å². The summed E-state index contributed by atoms with van der Waals surface area (Å²) in [4.78, 5) is 20.1. The number of hydrogen-bond donors (Lipinski definition) is 2. The summed E-state index contributed by atoms with van der Waals surface area (Å²) in [5, 5.41) is 6.25. The second-order valence-corrected chi connectivity index (χ2v) is 4.88. The van der Waals surface area contributed by atoms with Gasteiger partial charge in [-0.1, -0.05) is 12.1 Å². The number of benzene rings is 1. The summed E-state index contributed by atoms with van der Waals surface area (Å²) >= 11 is 0. The minimum Gasteiger partial charge on any atom is -0.467 e. The van der Waals surface area contributed by atoms with E-state index in [1.165, 1.54) is 13.4 Å². The van der Waals surface area contributed by atoms with Crippen LogP contribution in [0.15, 0.2) is 59.5 Å². The van der Waals surface area contributed by atoms with Gasteiger partial charge in [0.25, 0.3) is 0 Å². The molecule has 7 nitrogen and oxygen atoms in total. The van der Waals surface area contributed by atoms with Crippen molar-refractivity contribution in [2.45, 2.75) is 6.54 Å². The zero-order valence-corrected chi connectivity index (χ0v) is 13.0. The van der Waals surface area contributed by atoms with Crippen LogP contribution in [0.25, 0.3) is 0 Å². The monoisotopic (exact) mass is 324 g/mol. The summed E-state index contributed by atoms with van der Waals surface area (Å²) < 4.78 is 10.0. The van der Waals surface area contributed by atoms with Crippen molar-refractivity contribution < 1.29 is 13.9 Å². The highest BCUT2D eigenvalue weighted by molar-refractivity contribution is 5.96. The van der Waals surface area contributed by atoms with Crippen molar-refractivity contribution in [3.05, 3.63) is 66.4 Å². The third-order valence-corrected chi connectivity index (χ3v) is 3.29. The number of anilines is 3. The number of nitrogens with zero attached hydrogens (tertiary/aromatic N) is 2. The number of nitrogens with one attached hydrogen (secondary N) is 2. The SMILES string of the molecule is COC(=O)c1ccccc1Nc1cc(NCc2ccco2)ncn1. The Balaban J connectivity index is 1.74. The van der Waals surface area contributed by atoms with E-state index in [1.54, 1.807) is 30.5 Å². The fourth-order valence-corrected chi connectivity index (χ4v) is 2.13. The molecule has 2 heterocycles. The average Bonchev–Trinajstić information content (AvgIpc) is 3.14. The van der Waals surface area contributed by atoms with E-state index in [0.29, 0.717) is 29.4 Å². The van der Waals surface area contributed by atoms with E-state index in [4.69, 9.17) is 9.15 Å². The molecular weight excluding hydrogens is 308 g/mol. The molecule has 0 bridgehead atoms. The normalized spacial score (nSPS) is 10.2. The minimum absolute atomic E-state index is 0.414. The van der Waals surface area contributed by atoms with E-state index in [1.807, 2.05) is 18.2 Å². The largest absolute Gasteiger partial charge is 0.467 e. The van der Waals surface area contributed by atoms with Gasteiger partial charge in [-0.05, 0) is 24.3 Å². The molecule has 0 unspecified atom stereocenters. The van der Waals surface area contributed by atoms with Crippen molar-refractivity contribution in [1.29, 1.82) is 0 Å². The lowest BCUT2D eigenvalue weighted by molar-refractivity contribution is 0.0602. The van der Waals surface area contributed by atoms with Crippen LogP contribution < -0.4 is 10.6 Å². The van der Waals surface area contributed by atoms with Crippen LogP contribution in [-0.2, 0) is 11.3 Å². The highest BCUT2D eigenvalue weighted by atomic mass is 16.5. The van der Waals surface area contributed by atoms with Crippen LogP contribution in [0.2, 0.25) is 0 Å². The lowest BCUT2D eigenvalue weighted by Gasteiger charge is -2.11. The molecule has 7 heteroatoms. The molecule has 2 N–H and O–H groups in total. The lowest BCUT2D eigenvalue weighted by Crippen LogP contribution is -2.07. The number of esters is 1. The second kappa shape index (κ2) is 7.28. The topological polar surface area (TPSA) is 89.3 Å². The molecule has 0 aliphatic carbocycles. The molecule has 3 rings (SSSR count). The molecule has 0 aliphatic heterocycles. The average molecular weight is 324 g/mol. The molecule has 0 saturated carbocycles. The Hall–Kier alpha value is -3.35. The Labute approximate surface area is 138 Å². The molecule has 24 heavy (non-hydrogen) atoms. The van der Waals surface area contributed by atoms with E-state index in [-0.39, 0.29) is 0 Å². The van der Waals surface area contributed by atoms with Crippen molar-refractivity contribution in [3.8, 4) is 0 Å². The zero-order valence-electron chi connectivity index (χ0n) is 13.0. The summed E-state index contributed by atoms with van der Waals surface area (Å²) in [6.45, 7) is 0.516. The quantitative estimate of drug-likeness (QED) is 0.673. The van der Waals surface area contributed by atoms with Gasteiger partial charge in [0.1, 0.15) is 23.7 Å². The summed E-state index contributed by atoms with van der Waals surface area (Å²) in [7, 11) is 1.35. The number of ether oxygens (including phenoxy) is 1. The van der Waals surface area contributed by atoms with Crippen LogP contribution >= 0.6 is 0 Å². The standard InChI is InChI=1S/C17H16N4O3/c1-23-17(22)13-6-2-3-7-14(13)21-16-9-15(19-11-20-16)18-10-12-5-4-8-24-12/h2-9,11H,10H2,1H3,(H2,18,19,20,21). The van der Waals surface area contributed by atoms with Gasteiger partial charge in [-0.15, -0.1) is 0 Å². The van der Waals surface area contributed by atoms with Crippen LogP contribution in [0.4, 0.5) is 17.3 Å². The number of aromatic nitrogens is 2. The summed E-state index contributed by atoms with van der Waals surface area (Å²) in [6.07, 6.45) is 3.06. The Morgan fingerprint density at radius 2 is 2.00 bits per heavy atom. The van der Waals surface area contributed by atoms with Gasteiger partial charge >= 0.3 is 5.97 Å². The third-order valence-electron chi connectivity index (χ3n) is 3.29. The number of methoxy groups -OCH3 is 1. The first-order valence-corrected chi connectivity index (χ1v) is 7.29. The molecule has 0 spiro atoms. The molecule has 0 atom stereocenters. The fraction of sp³-hybridized carbons (Fsp3) is 0.118. The maximum Gasteiger partial charge on any atom is 0.339 e. The van der Waals surface area contributed by atoms with E-state index >= 15 is 0 Å². The molecule has 0 amide bonds. The van der Waals surface area contributed by atoms with Gasteiger partial charge in [-0.25, -0.2) is 14.8 Å². The number of hydrogen-bond acceptors (Lipinski definition) is 7. The van der Waals surface area contributed by atoms with E-state index in [0.717, 1.165) is 5.76 Å². The Bertz CT molecular complexity index is 818. The number of furan rings is 1. The van der Waals surface area contributed by atoms with Gasteiger partial charge in [-0.3, -0.25) is 0 Å². The van der Waals surface area contributed by atoms with Crippen LogP contribution in [0.5, 0.6) is 0 Å². The molecule has 0 saturated heterocycles. The predicted octanol–water partition coefficient (Wildman–Crippen LogP) is 3.21. The summed E-state index contributed by atoms with van der Waals surface area (Å²) in [5.41, 5.74) is 1.05. The zero-order chi connectivity index (χ0) is 16.8. The highest BCUT2D eigenvalue weighted by Crippen LogP contribution is 2.21. The second-order valence-electron chi connectivity index (χ2n) is 4.88. The van der Waals surface area contributed by atoms with E-state index in [9.17, 15) is 4.79 Å². The van der Waals surface area contributed by atoms with Gasteiger partial charge in [0.15, 0.2) is 0 Å². The molecule has 0 aliphatic rings. The number of para-hydroxylation sites is 1. The van der Waals surface area contributed by atoms with Crippen molar-refractivity contribution in [1.82, 2.24) is 9.97 Å². The minimum atomic E-state index is -0.414. The molecule has 0 fully saturated rings. The maximum absolute atomic E-state index is 11.8. The third kappa shape index (κ3) is 3.70. The maximum atomic E-state index is 11.8. The van der Waals surface area contributed by atoms with Crippen molar-refractivity contribution in [3.63, 3.8) is 0 Å². The van der Waals surface area contributed by atoms with E-state index in [2.05, 4.69) is 20.6 Å². The molecule has 1 aromatic carbocycles. The van der Waals surface area contributed by atoms with Gasteiger partial charge in [0.05, 0.1) is 31.2 Å². The van der Waals surface area contributed by atoms with Gasteiger partial charge in [0.2, 0.25) is 0 Å². The number of carbonyl (C=O) groups is 1. The van der Waals surface area contributed by atoms with E-state index < -0.39 is 5.97 Å². The molecule has 0 radical (unpaired) electrons. The first kappa shape index (κ1) is 15.5. The Morgan fingerprint density at radius 3 is 2.79 bits per heavy atom.